The van der Waals surface area contributed by atoms with E-state index in [2.05, 4.69) is 15.4 Å². The number of methoxy groups -OCH3 is 1. The molecule has 0 aromatic heterocycles. The molecule has 6 nitrogen and oxygen atoms in total. The molecule has 0 fully saturated rings. The molecule has 7 heteroatoms. The van der Waals surface area contributed by atoms with Crippen molar-refractivity contribution in [3.05, 3.63) is 35.9 Å². The van der Waals surface area contributed by atoms with E-state index in [1.165, 1.54) is 18.9 Å². The molecule has 0 aliphatic rings. The Balaban J connectivity index is 2.08. The Morgan fingerprint density at radius 3 is 2.50 bits per heavy atom. The maximum absolute atomic E-state index is 11.6. The summed E-state index contributed by atoms with van der Waals surface area (Å²) in [7, 11) is 1.32. The summed E-state index contributed by atoms with van der Waals surface area (Å²) in [6.45, 7) is 0.387. The molecular weight excluding hydrogens is 304 g/mol. The van der Waals surface area contributed by atoms with Crippen molar-refractivity contribution >= 4 is 29.5 Å². The molecule has 0 atom stereocenters. The van der Waals surface area contributed by atoms with Gasteiger partial charge in [-0.2, -0.15) is 0 Å². The van der Waals surface area contributed by atoms with Crippen molar-refractivity contribution in [1.29, 1.82) is 0 Å². The average molecular weight is 324 g/mol. The normalized spacial score (nSPS) is 9.86. The van der Waals surface area contributed by atoms with Crippen LogP contribution in [0.4, 0.5) is 0 Å². The van der Waals surface area contributed by atoms with E-state index in [0.29, 0.717) is 12.3 Å². The van der Waals surface area contributed by atoms with E-state index < -0.39 is 0 Å². The van der Waals surface area contributed by atoms with Crippen LogP contribution in [0.25, 0.3) is 0 Å². The Bertz CT molecular complexity index is 494. The van der Waals surface area contributed by atoms with E-state index >= 15 is 0 Å². The summed E-state index contributed by atoms with van der Waals surface area (Å²) < 4.78 is 4.49. The molecular formula is C15H20N2O4S. The molecule has 1 rings (SSSR count). The number of benzene rings is 1. The van der Waals surface area contributed by atoms with Gasteiger partial charge in [-0.15, -0.1) is 11.8 Å². The van der Waals surface area contributed by atoms with Crippen LogP contribution in [-0.2, 0) is 25.7 Å². The summed E-state index contributed by atoms with van der Waals surface area (Å²) in [4.78, 5) is 34.0. The topological polar surface area (TPSA) is 84.5 Å². The number of hydrogen-bond donors (Lipinski definition) is 2. The summed E-state index contributed by atoms with van der Waals surface area (Å²) in [5.41, 5.74) is 1.00. The number of hydrogen-bond acceptors (Lipinski definition) is 5. The van der Waals surface area contributed by atoms with E-state index in [1.807, 2.05) is 30.3 Å². The fourth-order valence-electron chi connectivity index (χ4n) is 1.51. The van der Waals surface area contributed by atoms with Crippen LogP contribution in [0.3, 0.4) is 0 Å². The summed E-state index contributed by atoms with van der Waals surface area (Å²) in [5, 5.41) is 5.26. The lowest BCUT2D eigenvalue weighted by molar-refractivity contribution is -0.137. The van der Waals surface area contributed by atoms with Crippen molar-refractivity contribution in [2.45, 2.75) is 13.0 Å². The van der Waals surface area contributed by atoms with Gasteiger partial charge in [-0.3, -0.25) is 14.4 Å². The fourth-order valence-corrected chi connectivity index (χ4v) is 2.26. The standard InChI is InChI=1S/C15H20N2O4S/c1-21-15(20)11-22-8-7-13(18)17-10-14(19)16-9-12-5-3-2-4-6-12/h2-6H,7-11H2,1H3,(H,16,19)(H,17,18). The molecule has 2 N–H and O–H groups in total. The summed E-state index contributed by atoms with van der Waals surface area (Å²) >= 11 is 1.32. The van der Waals surface area contributed by atoms with Crippen molar-refractivity contribution in [1.82, 2.24) is 10.6 Å². The largest absolute Gasteiger partial charge is 0.468 e. The predicted octanol–water partition coefficient (Wildman–Crippen LogP) is 0.715. The minimum atomic E-state index is -0.314. The Morgan fingerprint density at radius 1 is 1.09 bits per heavy atom. The van der Waals surface area contributed by atoms with Crippen LogP contribution in [0.2, 0.25) is 0 Å². The van der Waals surface area contributed by atoms with Gasteiger partial charge in [-0.25, -0.2) is 0 Å². The molecule has 0 unspecified atom stereocenters. The molecule has 0 aliphatic carbocycles. The van der Waals surface area contributed by atoms with Gasteiger partial charge in [0.2, 0.25) is 11.8 Å². The zero-order valence-electron chi connectivity index (χ0n) is 12.5. The molecule has 0 saturated heterocycles. The highest BCUT2D eigenvalue weighted by atomic mass is 32.2. The van der Waals surface area contributed by atoms with Crippen LogP contribution >= 0.6 is 11.8 Å². The molecule has 1 aromatic carbocycles. The van der Waals surface area contributed by atoms with E-state index in [4.69, 9.17) is 0 Å². The fraction of sp³-hybridized carbons (Fsp3) is 0.400. The van der Waals surface area contributed by atoms with Crippen molar-refractivity contribution in [2.75, 3.05) is 25.2 Å². The zero-order chi connectivity index (χ0) is 16.2. The van der Waals surface area contributed by atoms with E-state index in [9.17, 15) is 14.4 Å². The van der Waals surface area contributed by atoms with Gasteiger partial charge in [0.25, 0.3) is 0 Å². The lowest BCUT2D eigenvalue weighted by Crippen LogP contribution is -2.36. The van der Waals surface area contributed by atoms with Gasteiger partial charge in [-0.1, -0.05) is 30.3 Å². The minimum Gasteiger partial charge on any atom is -0.468 e. The highest BCUT2D eigenvalue weighted by Crippen LogP contribution is 2.02. The van der Waals surface area contributed by atoms with Crippen LogP contribution in [-0.4, -0.2) is 42.9 Å². The first-order chi connectivity index (χ1) is 10.6. The number of thioether (sulfide) groups is 1. The van der Waals surface area contributed by atoms with Crippen LogP contribution in [0, 0.1) is 0 Å². The van der Waals surface area contributed by atoms with Gasteiger partial charge in [0, 0.05) is 18.7 Å². The van der Waals surface area contributed by atoms with Crippen molar-refractivity contribution < 1.29 is 19.1 Å². The first-order valence-corrected chi connectivity index (χ1v) is 7.99. The lowest BCUT2D eigenvalue weighted by atomic mass is 10.2. The van der Waals surface area contributed by atoms with Crippen LogP contribution in [0.1, 0.15) is 12.0 Å². The molecule has 0 saturated carbocycles. The highest BCUT2D eigenvalue weighted by molar-refractivity contribution is 7.99. The van der Waals surface area contributed by atoms with Crippen LogP contribution < -0.4 is 10.6 Å². The third kappa shape index (κ3) is 8.31. The average Bonchev–Trinajstić information content (AvgIpc) is 2.55. The SMILES string of the molecule is COC(=O)CSCCC(=O)NCC(=O)NCc1ccccc1. The number of rotatable bonds is 9. The van der Waals surface area contributed by atoms with E-state index in [1.54, 1.807) is 0 Å². The van der Waals surface area contributed by atoms with Crippen molar-refractivity contribution in [2.24, 2.45) is 0 Å². The second kappa shape index (κ2) is 10.7. The number of ether oxygens (including phenoxy) is 1. The Kier molecular flexibility index (Phi) is 8.74. The summed E-state index contributed by atoms with van der Waals surface area (Å²) in [6.07, 6.45) is 0.258. The van der Waals surface area contributed by atoms with E-state index in [0.717, 1.165) is 5.56 Å². The van der Waals surface area contributed by atoms with Crippen LogP contribution in [0.15, 0.2) is 30.3 Å². The predicted molar refractivity (Wildman–Crippen MR) is 85.3 cm³/mol. The molecule has 0 aliphatic heterocycles. The molecule has 2 amide bonds. The molecule has 1 aromatic rings. The number of esters is 1. The van der Waals surface area contributed by atoms with Crippen LogP contribution in [0.5, 0.6) is 0 Å². The second-order valence-electron chi connectivity index (χ2n) is 4.42. The lowest BCUT2D eigenvalue weighted by Gasteiger charge is -2.07. The van der Waals surface area contributed by atoms with Gasteiger partial charge >= 0.3 is 5.97 Å². The van der Waals surface area contributed by atoms with Gasteiger partial charge in [0.1, 0.15) is 0 Å². The Labute approximate surface area is 134 Å². The molecule has 0 heterocycles. The third-order valence-electron chi connectivity index (χ3n) is 2.70. The molecule has 0 spiro atoms. The molecule has 120 valence electrons. The summed E-state index contributed by atoms with van der Waals surface area (Å²) in [6, 6.07) is 9.53. The Hall–Kier alpha value is -2.02. The van der Waals surface area contributed by atoms with Crippen molar-refractivity contribution in [3.63, 3.8) is 0 Å². The number of amides is 2. The first kappa shape index (κ1) is 18.0. The van der Waals surface area contributed by atoms with Gasteiger partial charge in [-0.05, 0) is 5.56 Å². The van der Waals surface area contributed by atoms with Crippen molar-refractivity contribution in [3.8, 4) is 0 Å². The Morgan fingerprint density at radius 2 is 1.82 bits per heavy atom. The number of carbonyl (C=O) groups excluding carboxylic acids is 3. The maximum Gasteiger partial charge on any atom is 0.315 e. The van der Waals surface area contributed by atoms with Gasteiger partial charge in [0.15, 0.2) is 0 Å². The first-order valence-electron chi connectivity index (χ1n) is 6.83. The van der Waals surface area contributed by atoms with Gasteiger partial charge < -0.3 is 15.4 Å². The number of nitrogens with one attached hydrogen (secondary N) is 2. The molecule has 0 radical (unpaired) electrons. The highest BCUT2D eigenvalue weighted by Gasteiger charge is 2.06. The maximum atomic E-state index is 11.6. The number of carbonyl (C=O) groups is 3. The zero-order valence-corrected chi connectivity index (χ0v) is 13.3. The molecule has 0 bridgehead atoms. The van der Waals surface area contributed by atoms with Gasteiger partial charge in [0.05, 0.1) is 19.4 Å². The summed E-state index contributed by atoms with van der Waals surface area (Å²) in [5.74, 6) is -0.0363. The quantitative estimate of drug-likeness (QED) is 0.516. The van der Waals surface area contributed by atoms with E-state index in [-0.39, 0.29) is 36.5 Å². The monoisotopic (exact) mass is 324 g/mol. The minimum absolute atomic E-state index is 0.0483. The third-order valence-corrected chi connectivity index (χ3v) is 3.63. The second-order valence-corrected chi connectivity index (χ2v) is 5.52. The molecule has 22 heavy (non-hydrogen) atoms. The smallest absolute Gasteiger partial charge is 0.315 e.